The van der Waals surface area contributed by atoms with Gasteiger partial charge >= 0.3 is 0 Å². The number of nitrogens with zero attached hydrogens (tertiary/aromatic N) is 2. The van der Waals surface area contributed by atoms with Crippen LogP contribution < -0.4 is 5.32 Å². The first-order chi connectivity index (χ1) is 8.68. The van der Waals surface area contributed by atoms with Crippen LogP contribution in [0.5, 0.6) is 0 Å². The van der Waals surface area contributed by atoms with E-state index in [-0.39, 0.29) is 10.6 Å². The average Bonchev–Trinajstić information content (AvgIpc) is 2.38. The second-order valence-electron chi connectivity index (χ2n) is 3.88. The summed E-state index contributed by atoms with van der Waals surface area (Å²) >= 11 is 0. The monoisotopic (exact) mass is 243 g/mol. The van der Waals surface area contributed by atoms with Gasteiger partial charge < -0.3 is 5.32 Å². The molecule has 0 aliphatic carbocycles. The minimum absolute atomic E-state index is 0.131. The average molecular weight is 243 g/mol. The summed E-state index contributed by atoms with van der Waals surface area (Å²) in [6.07, 6.45) is 1.71. The van der Waals surface area contributed by atoms with Crippen molar-refractivity contribution < 1.29 is 4.92 Å². The lowest BCUT2D eigenvalue weighted by atomic mass is 10.1. The Kier molecular flexibility index (Phi) is 3.52. The topological polar surface area (TPSA) is 68.1 Å². The molecule has 0 aliphatic rings. The van der Waals surface area contributed by atoms with Crippen molar-refractivity contribution in [2.75, 3.05) is 5.32 Å². The van der Waals surface area contributed by atoms with Crippen molar-refractivity contribution in [1.82, 2.24) is 4.98 Å². The highest BCUT2D eigenvalue weighted by Gasteiger charge is 2.11. The van der Waals surface area contributed by atoms with Gasteiger partial charge in [-0.15, -0.1) is 0 Å². The van der Waals surface area contributed by atoms with Crippen LogP contribution in [0.3, 0.4) is 0 Å². The van der Waals surface area contributed by atoms with E-state index in [1.165, 1.54) is 6.07 Å². The molecular formula is C13H13N3O2. The van der Waals surface area contributed by atoms with E-state index in [2.05, 4.69) is 10.3 Å². The smallest absolute Gasteiger partial charge is 0.274 e. The lowest BCUT2D eigenvalue weighted by molar-refractivity contribution is -0.385. The van der Waals surface area contributed by atoms with Gasteiger partial charge in [0.1, 0.15) is 0 Å². The van der Waals surface area contributed by atoms with Gasteiger partial charge in [-0.2, -0.15) is 0 Å². The Morgan fingerprint density at radius 3 is 2.78 bits per heavy atom. The third-order valence-corrected chi connectivity index (χ3v) is 2.66. The normalized spacial score (nSPS) is 10.1. The third kappa shape index (κ3) is 2.63. The highest BCUT2D eigenvalue weighted by atomic mass is 16.6. The molecule has 1 aromatic heterocycles. The van der Waals surface area contributed by atoms with E-state index in [4.69, 9.17) is 0 Å². The van der Waals surface area contributed by atoms with Gasteiger partial charge in [0, 0.05) is 24.4 Å². The summed E-state index contributed by atoms with van der Waals surface area (Å²) in [6.45, 7) is 2.30. The number of nitrogens with one attached hydrogen (secondary N) is 1. The molecule has 1 heterocycles. The van der Waals surface area contributed by atoms with E-state index in [1.54, 1.807) is 24.4 Å². The van der Waals surface area contributed by atoms with Crippen LogP contribution in [0, 0.1) is 17.0 Å². The molecule has 0 bridgehead atoms. The molecule has 1 N–H and O–H groups in total. The number of benzene rings is 1. The van der Waals surface area contributed by atoms with E-state index in [0.29, 0.717) is 12.1 Å². The number of anilines is 1. The Bertz CT molecular complexity index is 570. The van der Waals surface area contributed by atoms with Gasteiger partial charge in [0.05, 0.1) is 16.3 Å². The second kappa shape index (κ2) is 5.27. The molecule has 18 heavy (non-hydrogen) atoms. The zero-order valence-electron chi connectivity index (χ0n) is 9.96. The Hall–Kier alpha value is -2.43. The minimum Gasteiger partial charge on any atom is -0.379 e. The van der Waals surface area contributed by atoms with Gasteiger partial charge in [-0.3, -0.25) is 15.1 Å². The molecule has 0 amide bonds. The van der Waals surface area contributed by atoms with Gasteiger partial charge in [-0.25, -0.2) is 0 Å². The quantitative estimate of drug-likeness (QED) is 0.662. The van der Waals surface area contributed by atoms with Gasteiger partial charge in [0.15, 0.2) is 0 Å². The number of nitro benzene ring substituents is 1. The van der Waals surface area contributed by atoms with Crippen LogP contribution in [0.1, 0.15) is 11.3 Å². The van der Waals surface area contributed by atoms with Gasteiger partial charge in [0.2, 0.25) is 0 Å². The molecule has 5 heteroatoms. The SMILES string of the molecule is Cc1ncccc1NCc1ccccc1[N+](=O)[O-]. The molecule has 0 unspecified atom stereocenters. The summed E-state index contributed by atoms with van der Waals surface area (Å²) in [4.78, 5) is 14.7. The third-order valence-electron chi connectivity index (χ3n) is 2.66. The number of aryl methyl sites for hydroxylation is 1. The summed E-state index contributed by atoms with van der Waals surface area (Å²) in [5.41, 5.74) is 2.55. The van der Waals surface area contributed by atoms with Crippen molar-refractivity contribution in [3.8, 4) is 0 Å². The lowest BCUT2D eigenvalue weighted by Crippen LogP contribution is -2.04. The van der Waals surface area contributed by atoms with Crippen LogP contribution in [0.15, 0.2) is 42.6 Å². The van der Waals surface area contributed by atoms with Crippen LogP contribution in [-0.2, 0) is 6.54 Å². The van der Waals surface area contributed by atoms with Crippen LogP contribution >= 0.6 is 0 Å². The molecule has 2 aromatic rings. The fourth-order valence-corrected chi connectivity index (χ4v) is 1.70. The van der Waals surface area contributed by atoms with E-state index < -0.39 is 0 Å². The largest absolute Gasteiger partial charge is 0.379 e. The zero-order chi connectivity index (χ0) is 13.0. The number of pyridine rings is 1. The first kappa shape index (κ1) is 12.0. The van der Waals surface area contributed by atoms with Crippen molar-refractivity contribution in [2.24, 2.45) is 0 Å². The number of aromatic nitrogens is 1. The molecular weight excluding hydrogens is 230 g/mol. The Morgan fingerprint density at radius 1 is 1.28 bits per heavy atom. The number of hydrogen-bond donors (Lipinski definition) is 1. The maximum absolute atomic E-state index is 10.9. The molecule has 0 spiro atoms. The van der Waals surface area contributed by atoms with Crippen molar-refractivity contribution in [3.05, 3.63) is 64.0 Å². The Labute approximate surface area is 105 Å². The maximum atomic E-state index is 10.9. The summed E-state index contributed by atoms with van der Waals surface area (Å²) < 4.78 is 0. The summed E-state index contributed by atoms with van der Waals surface area (Å²) in [5, 5.41) is 14.0. The molecule has 92 valence electrons. The van der Waals surface area contributed by atoms with E-state index in [0.717, 1.165) is 11.4 Å². The summed E-state index contributed by atoms with van der Waals surface area (Å²) in [5.74, 6) is 0. The molecule has 5 nitrogen and oxygen atoms in total. The van der Waals surface area contributed by atoms with Crippen molar-refractivity contribution in [1.29, 1.82) is 0 Å². The highest BCUT2D eigenvalue weighted by molar-refractivity contribution is 5.49. The van der Waals surface area contributed by atoms with Crippen molar-refractivity contribution >= 4 is 11.4 Å². The number of nitro groups is 1. The van der Waals surface area contributed by atoms with E-state index >= 15 is 0 Å². The fraction of sp³-hybridized carbons (Fsp3) is 0.154. The predicted molar refractivity (Wildman–Crippen MR) is 69.4 cm³/mol. The molecule has 0 saturated heterocycles. The van der Waals surface area contributed by atoms with Crippen LogP contribution in [-0.4, -0.2) is 9.91 Å². The van der Waals surface area contributed by atoms with Crippen molar-refractivity contribution in [3.63, 3.8) is 0 Å². The molecule has 0 atom stereocenters. The predicted octanol–water partition coefficient (Wildman–Crippen LogP) is 2.91. The molecule has 0 fully saturated rings. The van der Waals surface area contributed by atoms with Gasteiger partial charge in [-0.05, 0) is 19.1 Å². The lowest BCUT2D eigenvalue weighted by Gasteiger charge is -2.08. The van der Waals surface area contributed by atoms with E-state index in [1.807, 2.05) is 19.1 Å². The first-order valence-corrected chi connectivity index (χ1v) is 5.56. The van der Waals surface area contributed by atoms with Gasteiger partial charge in [-0.1, -0.05) is 18.2 Å². The van der Waals surface area contributed by atoms with Crippen LogP contribution in [0.4, 0.5) is 11.4 Å². The second-order valence-corrected chi connectivity index (χ2v) is 3.88. The maximum Gasteiger partial charge on any atom is 0.274 e. The van der Waals surface area contributed by atoms with E-state index in [9.17, 15) is 10.1 Å². The number of rotatable bonds is 4. The number of hydrogen-bond acceptors (Lipinski definition) is 4. The molecule has 0 aliphatic heterocycles. The number of para-hydroxylation sites is 1. The van der Waals surface area contributed by atoms with Gasteiger partial charge in [0.25, 0.3) is 5.69 Å². The fourth-order valence-electron chi connectivity index (χ4n) is 1.70. The summed E-state index contributed by atoms with van der Waals surface area (Å²) in [6, 6.07) is 10.4. The standard InChI is InChI=1S/C13H13N3O2/c1-10-12(6-4-8-14-10)15-9-11-5-2-3-7-13(11)16(17)18/h2-8,15H,9H2,1H3. The molecule has 0 saturated carbocycles. The molecule has 0 radical (unpaired) electrons. The zero-order valence-corrected chi connectivity index (χ0v) is 9.96. The van der Waals surface area contributed by atoms with Crippen LogP contribution in [0.25, 0.3) is 0 Å². The van der Waals surface area contributed by atoms with Crippen molar-refractivity contribution in [2.45, 2.75) is 13.5 Å². The highest BCUT2D eigenvalue weighted by Crippen LogP contribution is 2.19. The van der Waals surface area contributed by atoms with Crippen LogP contribution in [0.2, 0.25) is 0 Å². The minimum atomic E-state index is -0.368. The Morgan fingerprint density at radius 2 is 2.06 bits per heavy atom. The first-order valence-electron chi connectivity index (χ1n) is 5.56. The molecule has 2 rings (SSSR count). The molecule has 1 aromatic carbocycles. The Balaban J connectivity index is 2.16. The summed E-state index contributed by atoms with van der Waals surface area (Å²) in [7, 11) is 0.